The zero-order chi connectivity index (χ0) is 22.9. The summed E-state index contributed by atoms with van der Waals surface area (Å²) in [5, 5.41) is 3.33. The Morgan fingerprint density at radius 1 is 0.875 bits per heavy atom. The van der Waals surface area contributed by atoms with Gasteiger partial charge in [0.2, 0.25) is 5.56 Å². The second-order valence-electron chi connectivity index (χ2n) is 7.44. The first-order chi connectivity index (χ1) is 15.2. The van der Waals surface area contributed by atoms with Crippen molar-refractivity contribution in [2.75, 3.05) is 10.0 Å². The molecule has 0 saturated heterocycles. The molecule has 7 nitrogen and oxygen atoms in total. The molecule has 3 aromatic carbocycles. The predicted molar refractivity (Wildman–Crippen MR) is 126 cm³/mol. The number of hydrogen-bond acceptors (Lipinski definition) is 4. The highest BCUT2D eigenvalue weighted by atomic mass is 32.2. The molecule has 0 atom stereocenters. The van der Waals surface area contributed by atoms with E-state index >= 15 is 0 Å². The normalized spacial score (nSPS) is 11.3. The molecule has 0 bridgehead atoms. The number of hydrogen-bond donors (Lipinski definition) is 3. The molecule has 8 heteroatoms. The van der Waals surface area contributed by atoms with Gasteiger partial charge in [-0.05, 0) is 55.3 Å². The number of anilines is 2. The molecule has 0 aliphatic rings. The number of carbonyl (C=O) groups is 1. The van der Waals surface area contributed by atoms with E-state index in [1.807, 2.05) is 32.0 Å². The van der Waals surface area contributed by atoms with Crippen LogP contribution in [0, 0.1) is 13.8 Å². The Balaban J connectivity index is 1.57. The van der Waals surface area contributed by atoms with Gasteiger partial charge < -0.3 is 10.3 Å². The number of aromatic nitrogens is 1. The maximum absolute atomic E-state index is 12.8. The van der Waals surface area contributed by atoms with Crippen molar-refractivity contribution in [3.05, 3.63) is 99.8 Å². The first kappa shape index (κ1) is 21.3. The Labute approximate surface area is 185 Å². The summed E-state index contributed by atoms with van der Waals surface area (Å²) in [6, 6.07) is 19.6. The minimum absolute atomic E-state index is 0.0692. The van der Waals surface area contributed by atoms with E-state index in [9.17, 15) is 18.0 Å². The number of para-hydroxylation sites is 2. The van der Waals surface area contributed by atoms with E-state index in [1.54, 1.807) is 24.3 Å². The van der Waals surface area contributed by atoms with Gasteiger partial charge >= 0.3 is 0 Å². The van der Waals surface area contributed by atoms with Crippen molar-refractivity contribution in [1.82, 2.24) is 4.98 Å². The van der Waals surface area contributed by atoms with Gasteiger partial charge in [0.05, 0.1) is 16.1 Å². The van der Waals surface area contributed by atoms with Crippen molar-refractivity contribution in [2.24, 2.45) is 0 Å². The number of benzene rings is 3. The molecule has 0 aliphatic carbocycles. The third kappa shape index (κ3) is 4.26. The average Bonchev–Trinajstić information content (AvgIpc) is 2.76. The molecule has 0 unspecified atom stereocenters. The highest BCUT2D eigenvalue weighted by Crippen LogP contribution is 2.24. The van der Waals surface area contributed by atoms with Crippen LogP contribution in [0.5, 0.6) is 0 Å². The molecule has 4 aromatic rings. The second kappa shape index (κ2) is 8.32. The fourth-order valence-corrected chi connectivity index (χ4v) is 4.68. The van der Waals surface area contributed by atoms with Crippen LogP contribution in [0.1, 0.15) is 21.5 Å². The summed E-state index contributed by atoms with van der Waals surface area (Å²) in [5.41, 5.74) is 3.01. The summed E-state index contributed by atoms with van der Waals surface area (Å²) in [4.78, 5) is 27.4. The van der Waals surface area contributed by atoms with Crippen LogP contribution < -0.4 is 15.6 Å². The zero-order valence-electron chi connectivity index (χ0n) is 17.5. The monoisotopic (exact) mass is 447 g/mol. The minimum atomic E-state index is -3.80. The van der Waals surface area contributed by atoms with Gasteiger partial charge in [0.15, 0.2) is 0 Å². The number of aryl methyl sites for hydroxylation is 2. The first-order valence-electron chi connectivity index (χ1n) is 9.87. The molecule has 1 heterocycles. The molecule has 1 amide bonds. The summed E-state index contributed by atoms with van der Waals surface area (Å²) in [6.07, 6.45) is 0. The number of rotatable bonds is 5. The Bertz CT molecular complexity index is 1470. The molecule has 0 saturated carbocycles. The molecule has 3 N–H and O–H groups in total. The van der Waals surface area contributed by atoms with Gasteiger partial charge in [-0.1, -0.05) is 36.4 Å². The van der Waals surface area contributed by atoms with Crippen LogP contribution >= 0.6 is 0 Å². The van der Waals surface area contributed by atoms with E-state index < -0.39 is 15.9 Å². The lowest BCUT2D eigenvalue weighted by Gasteiger charge is -2.13. The van der Waals surface area contributed by atoms with Gasteiger partial charge in [-0.3, -0.25) is 14.3 Å². The van der Waals surface area contributed by atoms with Crippen molar-refractivity contribution < 1.29 is 13.2 Å². The SMILES string of the molecule is Cc1cccc(C)c1NS(=O)(=O)c1ccc(NC(=O)c2cc(=O)[nH]c3ccccc23)cc1. The summed E-state index contributed by atoms with van der Waals surface area (Å²) < 4.78 is 28.2. The van der Waals surface area contributed by atoms with E-state index in [0.29, 0.717) is 22.3 Å². The number of nitrogens with one attached hydrogen (secondary N) is 3. The fourth-order valence-electron chi connectivity index (χ4n) is 3.48. The molecule has 4 rings (SSSR count). The van der Waals surface area contributed by atoms with Crippen LogP contribution in [0.25, 0.3) is 10.9 Å². The van der Waals surface area contributed by atoms with E-state index in [0.717, 1.165) is 11.1 Å². The van der Waals surface area contributed by atoms with Crippen molar-refractivity contribution in [2.45, 2.75) is 18.7 Å². The summed E-state index contributed by atoms with van der Waals surface area (Å²) in [6.45, 7) is 3.67. The molecular weight excluding hydrogens is 426 g/mol. The van der Waals surface area contributed by atoms with Crippen LogP contribution in [-0.2, 0) is 10.0 Å². The van der Waals surface area contributed by atoms with Gasteiger partial charge in [-0.25, -0.2) is 8.42 Å². The number of fused-ring (bicyclic) bond motifs is 1. The molecule has 0 radical (unpaired) electrons. The van der Waals surface area contributed by atoms with Crippen LogP contribution in [0.2, 0.25) is 0 Å². The lowest BCUT2D eigenvalue weighted by atomic mass is 10.1. The second-order valence-corrected chi connectivity index (χ2v) is 9.13. The van der Waals surface area contributed by atoms with Gasteiger partial charge in [0, 0.05) is 22.7 Å². The quantitative estimate of drug-likeness (QED) is 0.426. The highest BCUT2D eigenvalue weighted by Gasteiger charge is 2.17. The Kier molecular flexibility index (Phi) is 5.54. The predicted octanol–water partition coefficient (Wildman–Crippen LogP) is 4.20. The molecular formula is C24H21N3O4S. The molecule has 1 aromatic heterocycles. The van der Waals surface area contributed by atoms with Crippen molar-refractivity contribution in [1.29, 1.82) is 0 Å². The Hall–Kier alpha value is -3.91. The summed E-state index contributed by atoms with van der Waals surface area (Å²) >= 11 is 0. The standard InChI is InChI=1S/C24H21N3O4S/c1-15-6-5-7-16(2)23(15)27-32(30,31)18-12-10-17(11-13-18)25-24(29)20-14-22(28)26-21-9-4-3-8-19(20)21/h3-14,27H,1-2H3,(H,25,29)(H,26,28). The number of aromatic amines is 1. The fraction of sp³-hybridized carbons (Fsp3) is 0.0833. The smallest absolute Gasteiger partial charge is 0.261 e. The van der Waals surface area contributed by atoms with Crippen LogP contribution in [0.15, 0.2) is 82.5 Å². The molecule has 162 valence electrons. The third-order valence-corrected chi connectivity index (χ3v) is 6.50. The molecule has 0 spiro atoms. The number of H-pyrrole nitrogens is 1. The van der Waals surface area contributed by atoms with Gasteiger partial charge in [0.1, 0.15) is 0 Å². The zero-order valence-corrected chi connectivity index (χ0v) is 18.3. The molecule has 0 aliphatic heterocycles. The van der Waals surface area contributed by atoms with Crippen molar-refractivity contribution >= 4 is 38.2 Å². The highest BCUT2D eigenvalue weighted by molar-refractivity contribution is 7.92. The van der Waals surface area contributed by atoms with E-state index in [2.05, 4.69) is 15.0 Å². The van der Waals surface area contributed by atoms with Crippen LogP contribution in [0.4, 0.5) is 11.4 Å². The van der Waals surface area contributed by atoms with Crippen molar-refractivity contribution in [3.8, 4) is 0 Å². The van der Waals surface area contributed by atoms with Gasteiger partial charge in [-0.2, -0.15) is 0 Å². The maximum Gasteiger partial charge on any atom is 0.261 e. The summed E-state index contributed by atoms with van der Waals surface area (Å²) in [7, 11) is -3.80. The van der Waals surface area contributed by atoms with E-state index in [-0.39, 0.29) is 16.0 Å². The maximum atomic E-state index is 12.8. The lowest BCUT2D eigenvalue weighted by molar-refractivity contribution is 0.102. The van der Waals surface area contributed by atoms with Gasteiger partial charge in [-0.15, -0.1) is 0 Å². The third-order valence-electron chi connectivity index (χ3n) is 5.14. The number of pyridine rings is 1. The molecule has 0 fully saturated rings. The summed E-state index contributed by atoms with van der Waals surface area (Å²) in [5.74, 6) is -0.462. The van der Waals surface area contributed by atoms with Crippen LogP contribution in [-0.4, -0.2) is 19.3 Å². The van der Waals surface area contributed by atoms with Crippen LogP contribution in [0.3, 0.4) is 0 Å². The van der Waals surface area contributed by atoms with Crippen molar-refractivity contribution in [3.63, 3.8) is 0 Å². The topological polar surface area (TPSA) is 108 Å². The lowest BCUT2D eigenvalue weighted by Crippen LogP contribution is -2.17. The number of sulfonamides is 1. The average molecular weight is 448 g/mol. The van der Waals surface area contributed by atoms with Gasteiger partial charge in [0.25, 0.3) is 15.9 Å². The number of carbonyl (C=O) groups excluding carboxylic acids is 1. The number of amides is 1. The first-order valence-corrected chi connectivity index (χ1v) is 11.4. The Morgan fingerprint density at radius 2 is 1.53 bits per heavy atom. The molecule has 32 heavy (non-hydrogen) atoms. The largest absolute Gasteiger partial charge is 0.322 e. The van der Waals surface area contributed by atoms with E-state index in [1.165, 1.54) is 30.3 Å². The minimum Gasteiger partial charge on any atom is -0.322 e. The Morgan fingerprint density at radius 3 is 2.22 bits per heavy atom. The van der Waals surface area contributed by atoms with E-state index in [4.69, 9.17) is 0 Å².